The molecule has 0 fully saturated rings. The number of nitrogens with zero attached hydrogens (tertiary/aromatic N) is 1. The Balaban J connectivity index is 1.92. The molecule has 3 aromatic rings. The van der Waals surface area contributed by atoms with Crippen molar-refractivity contribution < 1.29 is 0 Å². The molecule has 20 heavy (non-hydrogen) atoms. The fraction of sp³-hybridized carbons (Fsp3) is 0.235. The lowest BCUT2D eigenvalue weighted by Gasteiger charge is -2.25. The Labute approximate surface area is 118 Å². The van der Waals surface area contributed by atoms with Gasteiger partial charge >= 0.3 is 0 Å². The van der Waals surface area contributed by atoms with Crippen molar-refractivity contribution in [1.29, 1.82) is 0 Å². The van der Waals surface area contributed by atoms with Crippen molar-refractivity contribution in [2.45, 2.75) is 19.4 Å². The fourth-order valence-electron chi connectivity index (χ4n) is 3.21. The van der Waals surface area contributed by atoms with E-state index >= 15 is 0 Å². The van der Waals surface area contributed by atoms with E-state index in [-0.39, 0.29) is 6.04 Å². The van der Waals surface area contributed by atoms with Gasteiger partial charge in [-0.3, -0.25) is 4.98 Å². The van der Waals surface area contributed by atoms with E-state index in [1.54, 1.807) is 0 Å². The molecule has 2 N–H and O–H groups in total. The molecule has 0 aliphatic carbocycles. The lowest BCUT2D eigenvalue weighted by atomic mass is 9.95. The summed E-state index contributed by atoms with van der Waals surface area (Å²) in [6, 6.07) is 12.8. The van der Waals surface area contributed by atoms with Gasteiger partial charge in [-0.2, -0.15) is 0 Å². The molecule has 1 aliphatic rings. The Hall–Kier alpha value is -2.13. The summed E-state index contributed by atoms with van der Waals surface area (Å²) in [5, 5.41) is 4.95. The van der Waals surface area contributed by atoms with Crippen LogP contribution in [0.25, 0.3) is 10.9 Å². The Morgan fingerprint density at radius 2 is 2.05 bits per heavy atom. The van der Waals surface area contributed by atoms with Gasteiger partial charge < -0.3 is 10.3 Å². The minimum Gasteiger partial charge on any atom is -0.357 e. The maximum atomic E-state index is 4.59. The van der Waals surface area contributed by atoms with Gasteiger partial charge in [0, 0.05) is 29.3 Å². The predicted molar refractivity (Wildman–Crippen MR) is 80.8 cm³/mol. The summed E-state index contributed by atoms with van der Waals surface area (Å²) < 4.78 is 0. The number of aryl methyl sites for hydroxylation is 1. The van der Waals surface area contributed by atoms with Crippen LogP contribution in [0.5, 0.6) is 0 Å². The van der Waals surface area contributed by atoms with Crippen molar-refractivity contribution in [3.05, 3.63) is 65.1 Å². The first kappa shape index (κ1) is 11.7. The highest BCUT2D eigenvalue weighted by molar-refractivity contribution is 5.85. The van der Waals surface area contributed by atoms with Gasteiger partial charge in [0.25, 0.3) is 0 Å². The highest BCUT2D eigenvalue weighted by Gasteiger charge is 2.26. The largest absolute Gasteiger partial charge is 0.357 e. The molecule has 3 heterocycles. The number of nitrogens with one attached hydrogen (secondary N) is 2. The minimum absolute atomic E-state index is 0.173. The standard InChI is InChI=1S/C17H17N3/c1-11-5-4-9-18-15(11)17-16-13(8-10-19-17)12-6-2-3-7-14(12)20-16/h2-7,9,17,19-20H,8,10H2,1H3. The third-order valence-electron chi connectivity index (χ3n) is 4.18. The lowest BCUT2D eigenvalue weighted by molar-refractivity contribution is 0.547. The summed E-state index contributed by atoms with van der Waals surface area (Å²) in [4.78, 5) is 8.18. The maximum Gasteiger partial charge on any atom is 0.0908 e. The molecule has 4 rings (SSSR count). The Morgan fingerprint density at radius 3 is 2.95 bits per heavy atom. The maximum absolute atomic E-state index is 4.59. The van der Waals surface area contributed by atoms with Crippen LogP contribution in [-0.2, 0) is 6.42 Å². The van der Waals surface area contributed by atoms with Crippen molar-refractivity contribution in [3.8, 4) is 0 Å². The molecule has 1 aliphatic heterocycles. The van der Waals surface area contributed by atoms with Gasteiger partial charge in [0.15, 0.2) is 0 Å². The second-order valence-electron chi connectivity index (χ2n) is 5.41. The average molecular weight is 263 g/mol. The third-order valence-corrected chi connectivity index (χ3v) is 4.18. The summed E-state index contributed by atoms with van der Waals surface area (Å²) in [5.41, 5.74) is 6.30. The molecule has 1 atom stereocenters. The van der Waals surface area contributed by atoms with Crippen LogP contribution in [-0.4, -0.2) is 16.5 Å². The molecule has 0 saturated heterocycles. The van der Waals surface area contributed by atoms with E-state index < -0.39 is 0 Å². The summed E-state index contributed by atoms with van der Waals surface area (Å²) in [6.07, 6.45) is 2.95. The van der Waals surface area contributed by atoms with Crippen LogP contribution in [0.1, 0.15) is 28.6 Å². The van der Waals surface area contributed by atoms with Gasteiger partial charge in [-0.05, 0) is 36.6 Å². The summed E-state index contributed by atoms with van der Waals surface area (Å²) in [7, 11) is 0. The molecule has 2 aromatic heterocycles. The molecule has 0 bridgehead atoms. The van der Waals surface area contributed by atoms with E-state index in [9.17, 15) is 0 Å². The second kappa shape index (κ2) is 4.46. The van der Waals surface area contributed by atoms with Crippen LogP contribution in [0.3, 0.4) is 0 Å². The first-order valence-corrected chi connectivity index (χ1v) is 7.09. The van der Waals surface area contributed by atoms with E-state index in [2.05, 4.69) is 52.5 Å². The molecule has 100 valence electrons. The summed E-state index contributed by atoms with van der Waals surface area (Å²) >= 11 is 0. The molecule has 0 radical (unpaired) electrons. The number of fused-ring (bicyclic) bond motifs is 3. The zero-order valence-corrected chi connectivity index (χ0v) is 11.5. The van der Waals surface area contributed by atoms with E-state index in [1.165, 1.54) is 27.7 Å². The van der Waals surface area contributed by atoms with Gasteiger partial charge in [0.2, 0.25) is 0 Å². The van der Waals surface area contributed by atoms with Crippen molar-refractivity contribution in [2.75, 3.05) is 6.54 Å². The van der Waals surface area contributed by atoms with Crippen LogP contribution < -0.4 is 5.32 Å². The zero-order chi connectivity index (χ0) is 13.5. The first-order chi connectivity index (χ1) is 9.84. The Kier molecular flexibility index (Phi) is 2.60. The molecular weight excluding hydrogens is 246 g/mol. The topological polar surface area (TPSA) is 40.7 Å². The molecule has 1 unspecified atom stereocenters. The SMILES string of the molecule is Cc1cccnc1C1NCCc2c1[nH]c1ccccc21. The van der Waals surface area contributed by atoms with Crippen molar-refractivity contribution in [2.24, 2.45) is 0 Å². The molecule has 0 spiro atoms. The highest BCUT2D eigenvalue weighted by Crippen LogP contribution is 2.33. The molecule has 1 aromatic carbocycles. The number of hydrogen-bond acceptors (Lipinski definition) is 2. The van der Waals surface area contributed by atoms with Gasteiger partial charge in [0.05, 0.1) is 11.7 Å². The van der Waals surface area contributed by atoms with Crippen LogP contribution in [0.15, 0.2) is 42.6 Å². The molecule has 0 amide bonds. The van der Waals surface area contributed by atoms with E-state index in [1.807, 2.05) is 12.3 Å². The number of H-pyrrole nitrogens is 1. The number of aromatic amines is 1. The van der Waals surface area contributed by atoms with Crippen LogP contribution >= 0.6 is 0 Å². The molecular formula is C17H17N3. The lowest BCUT2D eigenvalue weighted by Crippen LogP contribution is -2.31. The smallest absolute Gasteiger partial charge is 0.0908 e. The predicted octanol–water partition coefficient (Wildman–Crippen LogP) is 3.11. The third kappa shape index (κ3) is 1.67. The Bertz CT molecular complexity index is 773. The number of benzene rings is 1. The monoisotopic (exact) mass is 263 g/mol. The number of rotatable bonds is 1. The van der Waals surface area contributed by atoms with Gasteiger partial charge in [-0.15, -0.1) is 0 Å². The van der Waals surface area contributed by atoms with Gasteiger partial charge in [-0.1, -0.05) is 24.3 Å². The number of pyridine rings is 1. The van der Waals surface area contributed by atoms with E-state index in [0.717, 1.165) is 18.7 Å². The minimum atomic E-state index is 0.173. The number of para-hydroxylation sites is 1. The van der Waals surface area contributed by atoms with Gasteiger partial charge in [-0.25, -0.2) is 0 Å². The summed E-state index contributed by atoms with van der Waals surface area (Å²) in [5.74, 6) is 0. The van der Waals surface area contributed by atoms with Crippen LogP contribution in [0, 0.1) is 6.92 Å². The molecule has 0 saturated carbocycles. The van der Waals surface area contributed by atoms with Crippen molar-refractivity contribution in [3.63, 3.8) is 0 Å². The fourth-order valence-corrected chi connectivity index (χ4v) is 3.21. The molecule has 3 heteroatoms. The van der Waals surface area contributed by atoms with Crippen molar-refractivity contribution >= 4 is 10.9 Å². The quantitative estimate of drug-likeness (QED) is 0.708. The number of aromatic nitrogens is 2. The first-order valence-electron chi connectivity index (χ1n) is 7.09. The summed E-state index contributed by atoms with van der Waals surface area (Å²) in [6.45, 7) is 3.12. The van der Waals surface area contributed by atoms with Gasteiger partial charge in [0.1, 0.15) is 0 Å². The number of hydrogen-bond donors (Lipinski definition) is 2. The second-order valence-corrected chi connectivity index (χ2v) is 5.41. The highest BCUT2D eigenvalue weighted by atomic mass is 15.0. The van der Waals surface area contributed by atoms with Crippen LogP contribution in [0.4, 0.5) is 0 Å². The Morgan fingerprint density at radius 1 is 1.15 bits per heavy atom. The van der Waals surface area contributed by atoms with Crippen molar-refractivity contribution in [1.82, 2.24) is 15.3 Å². The van der Waals surface area contributed by atoms with Crippen LogP contribution in [0.2, 0.25) is 0 Å². The average Bonchev–Trinajstić information content (AvgIpc) is 2.86. The zero-order valence-electron chi connectivity index (χ0n) is 11.5. The van der Waals surface area contributed by atoms with E-state index in [4.69, 9.17) is 0 Å². The van der Waals surface area contributed by atoms with E-state index in [0.29, 0.717) is 0 Å². The molecule has 3 nitrogen and oxygen atoms in total. The normalized spacial score (nSPS) is 18.1.